The van der Waals surface area contributed by atoms with Crippen molar-refractivity contribution < 1.29 is 19.1 Å². The first-order valence-electron chi connectivity index (χ1n) is 7.31. The van der Waals surface area contributed by atoms with Gasteiger partial charge in [0.1, 0.15) is 6.07 Å². The summed E-state index contributed by atoms with van der Waals surface area (Å²) in [4.78, 5) is 38.1. The number of hydrogen-bond donors (Lipinski definition) is 0. The quantitative estimate of drug-likeness (QED) is 0.624. The van der Waals surface area contributed by atoms with Crippen LogP contribution in [0.5, 0.6) is 0 Å². The largest absolute Gasteiger partial charge is 0.444 e. The molecule has 3 rings (SSSR count). The number of imide groups is 1. The van der Waals surface area contributed by atoms with Gasteiger partial charge in [-0.2, -0.15) is 5.26 Å². The summed E-state index contributed by atoms with van der Waals surface area (Å²) in [6.07, 6.45) is -0.913. The van der Waals surface area contributed by atoms with Crippen molar-refractivity contribution in [2.75, 3.05) is 4.90 Å². The van der Waals surface area contributed by atoms with Crippen LogP contribution in [0, 0.1) is 11.3 Å². The maximum Gasteiger partial charge on any atom is 0.339 e. The number of anilines is 1. The Morgan fingerprint density at radius 1 is 1.12 bits per heavy atom. The predicted molar refractivity (Wildman–Crippen MR) is 89.5 cm³/mol. The van der Waals surface area contributed by atoms with E-state index in [4.69, 9.17) is 21.6 Å². The standard InChI is InChI=1S/C18H11ClN2O4/c1-10(9-20)25-18(24)11-2-7-14-15(8-11)17(23)21(16(14)22)13-5-3-12(19)4-6-13/h2-8,10H,1H3/t10-/m1/s1. The Morgan fingerprint density at radius 3 is 2.40 bits per heavy atom. The first-order chi connectivity index (χ1) is 11.9. The minimum absolute atomic E-state index is 0.0972. The van der Waals surface area contributed by atoms with Gasteiger partial charge in [-0.05, 0) is 49.4 Å². The van der Waals surface area contributed by atoms with E-state index in [1.807, 2.05) is 0 Å². The number of fused-ring (bicyclic) bond motifs is 1. The molecule has 1 aliphatic rings. The van der Waals surface area contributed by atoms with Crippen LogP contribution in [0.1, 0.15) is 38.0 Å². The van der Waals surface area contributed by atoms with Crippen molar-refractivity contribution >= 4 is 35.1 Å². The zero-order valence-corrected chi connectivity index (χ0v) is 13.8. The molecule has 0 saturated heterocycles. The van der Waals surface area contributed by atoms with Gasteiger partial charge in [0.05, 0.1) is 22.4 Å². The van der Waals surface area contributed by atoms with Gasteiger partial charge in [0.25, 0.3) is 11.8 Å². The Labute approximate surface area is 148 Å². The number of carbonyl (C=O) groups is 3. The van der Waals surface area contributed by atoms with E-state index in [2.05, 4.69) is 0 Å². The molecule has 0 radical (unpaired) electrons. The third kappa shape index (κ3) is 2.97. The zero-order chi connectivity index (χ0) is 18.1. The molecule has 7 heteroatoms. The van der Waals surface area contributed by atoms with Crippen LogP contribution < -0.4 is 4.90 Å². The number of rotatable bonds is 3. The van der Waals surface area contributed by atoms with E-state index in [9.17, 15) is 14.4 Å². The first kappa shape index (κ1) is 16.7. The number of amides is 2. The highest BCUT2D eigenvalue weighted by atomic mass is 35.5. The number of esters is 1. The maximum atomic E-state index is 12.6. The van der Waals surface area contributed by atoms with E-state index in [0.717, 1.165) is 4.90 Å². The van der Waals surface area contributed by atoms with Gasteiger partial charge in [-0.3, -0.25) is 9.59 Å². The van der Waals surface area contributed by atoms with Crippen LogP contribution in [0.3, 0.4) is 0 Å². The zero-order valence-electron chi connectivity index (χ0n) is 13.0. The van der Waals surface area contributed by atoms with E-state index < -0.39 is 23.9 Å². The second-order valence-electron chi connectivity index (χ2n) is 5.36. The van der Waals surface area contributed by atoms with Crippen molar-refractivity contribution in [2.45, 2.75) is 13.0 Å². The molecule has 25 heavy (non-hydrogen) atoms. The summed E-state index contributed by atoms with van der Waals surface area (Å²) in [6, 6.07) is 12.2. The van der Waals surface area contributed by atoms with Gasteiger partial charge in [0, 0.05) is 5.02 Å². The molecule has 0 aliphatic carbocycles. The third-order valence-corrected chi connectivity index (χ3v) is 3.92. The molecule has 1 aliphatic heterocycles. The topological polar surface area (TPSA) is 87.5 Å². The first-order valence-corrected chi connectivity index (χ1v) is 7.69. The molecular weight excluding hydrogens is 344 g/mol. The van der Waals surface area contributed by atoms with Crippen LogP contribution in [0.4, 0.5) is 5.69 Å². The van der Waals surface area contributed by atoms with E-state index >= 15 is 0 Å². The van der Waals surface area contributed by atoms with Crippen LogP contribution in [-0.2, 0) is 4.74 Å². The molecule has 0 fully saturated rings. The lowest BCUT2D eigenvalue weighted by molar-refractivity contribution is 0.0435. The molecule has 0 aromatic heterocycles. The Hall–Kier alpha value is -3.17. The van der Waals surface area contributed by atoms with Crippen LogP contribution in [0.15, 0.2) is 42.5 Å². The fraction of sp³-hybridized carbons (Fsp3) is 0.111. The lowest BCUT2D eigenvalue weighted by Gasteiger charge is -2.13. The van der Waals surface area contributed by atoms with Crippen LogP contribution in [0.2, 0.25) is 5.02 Å². The highest BCUT2D eigenvalue weighted by Crippen LogP contribution is 2.30. The number of ether oxygens (including phenoxy) is 1. The summed E-state index contributed by atoms with van der Waals surface area (Å²) in [6.45, 7) is 1.43. The van der Waals surface area contributed by atoms with Gasteiger partial charge in [-0.1, -0.05) is 11.6 Å². The minimum atomic E-state index is -0.913. The summed E-state index contributed by atoms with van der Waals surface area (Å²) in [7, 11) is 0. The van der Waals surface area contributed by atoms with Gasteiger partial charge in [0.2, 0.25) is 0 Å². The van der Waals surface area contributed by atoms with Gasteiger partial charge in [-0.25, -0.2) is 9.69 Å². The number of carbonyl (C=O) groups excluding carboxylic acids is 3. The van der Waals surface area contributed by atoms with Gasteiger partial charge < -0.3 is 4.74 Å². The number of hydrogen-bond acceptors (Lipinski definition) is 5. The molecule has 2 aromatic rings. The van der Waals surface area contributed by atoms with Gasteiger partial charge in [0.15, 0.2) is 6.10 Å². The Kier molecular flexibility index (Phi) is 4.26. The highest BCUT2D eigenvalue weighted by molar-refractivity contribution is 6.35. The molecule has 124 valence electrons. The van der Waals surface area contributed by atoms with Crippen molar-refractivity contribution in [1.82, 2.24) is 0 Å². The molecule has 2 aromatic carbocycles. The summed E-state index contributed by atoms with van der Waals surface area (Å²) in [5, 5.41) is 9.18. The Morgan fingerprint density at radius 2 is 1.76 bits per heavy atom. The second-order valence-corrected chi connectivity index (χ2v) is 5.80. The molecule has 1 atom stereocenters. The van der Waals surface area contributed by atoms with E-state index in [1.54, 1.807) is 30.3 Å². The fourth-order valence-electron chi connectivity index (χ4n) is 2.45. The van der Waals surface area contributed by atoms with E-state index in [1.165, 1.54) is 25.1 Å². The lowest BCUT2D eigenvalue weighted by Crippen LogP contribution is -2.29. The summed E-state index contributed by atoms with van der Waals surface area (Å²) < 4.78 is 4.91. The van der Waals surface area contributed by atoms with Gasteiger partial charge >= 0.3 is 5.97 Å². The molecule has 0 spiro atoms. The van der Waals surface area contributed by atoms with Crippen molar-refractivity contribution in [1.29, 1.82) is 5.26 Å². The molecule has 2 amide bonds. The molecule has 6 nitrogen and oxygen atoms in total. The van der Waals surface area contributed by atoms with Crippen molar-refractivity contribution in [3.8, 4) is 6.07 Å². The number of benzene rings is 2. The summed E-state index contributed by atoms with van der Waals surface area (Å²) in [5.74, 6) is -1.75. The number of nitriles is 1. The van der Waals surface area contributed by atoms with Crippen molar-refractivity contribution in [3.63, 3.8) is 0 Å². The maximum absolute atomic E-state index is 12.6. The van der Waals surface area contributed by atoms with E-state index in [0.29, 0.717) is 10.7 Å². The molecule has 1 heterocycles. The second kappa shape index (κ2) is 6.38. The third-order valence-electron chi connectivity index (χ3n) is 3.67. The van der Waals surface area contributed by atoms with Crippen LogP contribution in [-0.4, -0.2) is 23.9 Å². The monoisotopic (exact) mass is 354 g/mol. The molecular formula is C18H11ClN2O4. The molecule has 0 saturated carbocycles. The van der Waals surface area contributed by atoms with Gasteiger partial charge in [-0.15, -0.1) is 0 Å². The smallest absolute Gasteiger partial charge is 0.339 e. The summed E-state index contributed by atoms with van der Waals surface area (Å²) >= 11 is 5.83. The van der Waals surface area contributed by atoms with Crippen LogP contribution in [0.25, 0.3) is 0 Å². The average Bonchev–Trinajstić information content (AvgIpc) is 2.86. The van der Waals surface area contributed by atoms with Crippen LogP contribution >= 0.6 is 11.6 Å². The fourth-order valence-corrected chi connectivity index (χ4v) is 2.57. The van der Waals surface area contributed by atoms with Crippen molar-refractivity contribution in [3.05, 3.63) is 64.2 Å². The molecule has 0 N–H and O–H groups in total. The normalized spacial score (nSPS) is 14.0. The SMILES string of the molecule is C[C@H](C#N)OC(=O)c1ccc2c(c1)C(=O)N(c1ccc(Cl)cc1)C2=O. The predicted octanol–water partition coefficient (Wildman–Crippen LogP) is 3.21. The Bertz CT molecular complexity index is 931. The average molecular weight is 355 g/mol. The molecule has 0 unspecified atom stereocenters. The highest BCUT2D eigenvalue weighted by Gasteiger charge is 2.37. The number of nitrogens with zero attached hydrogens (tertiary/aromatic N) is 2. The lowest BCUT2D eigenvalue weighted by atomic mass is 10.1. The minimum Gasteiger partial charge on any atom is -0.444 e. The molecule has 0 bridgehead atoms. The Balaban J connectivity index is 1.94. The van der Waals surface area contributed by atoms with Crippen molar-refractivity contribution in [2.24, 2.45) is 0 Å². The number of halogens is 1. The van der Waals surface area contributed by atoms with E-state index in [-0.39, 0.29) is 16.7 Å². The summed E-state index contributed by atoms with van der Waals surface area (Å²) in [5.41, 5.74) is 0.793.